The molecular formula is C22H22F3N7O3. The molecule has 0 radical (unpaired) electrons. The summed E-state index contributed by atoms with van der Waals surface area (Å²) in [4.78, 5) is 14.8. The van der Waals surface area contributed by atoms with Gasteiger partial charge in [-0.1, -0.05) is 12.1 Å². The molecule has 1 saturated heterocycles. The van der Waals surface area contributed by atoms with E-state index in [0.717, 1.165) is 25.1 Å². The lowest BCUT2D eigenvalue weighted by molar-refractivity contribution is -0.274. The van der Waals surface area contributed by atoms with Crippen molar-refractivity contribution >= 4 is 23.4 Å². The van der Waals surface area contributed by atoms with Crippen molar-refractivity contribution in [1.29, 1.82) is 0 Å². The lowest BCUT2D eigenvalue weighted by atomic mass is 10.1. The highest BCUT2D eigenvalue weighted by atomic mass is 19.4. The minimum Gasteiger partial charge on any atom is -0.406 e. The first-order valence-electron chi connectivity index (χ1n) is 10.6. The Labute approximate surface area is 198 Å². The van der Waals surface area contributed by atoms with Gasteiger partial charge in [-0.05, 0) is 48.4 Å². The van der Waals surface area contributed by atoms with Crippen LogP contribution < -0.4 is 20.3 Å². The van der Waals surface area contributed by atoms with Crippen molar-refractivity contribution in [2.75, 3.05) is 35.7 Å². The third kappa shape index (κ3) is 6.53. The second-order valence-corrected chi connectivity index (χ2v) is 7.69. The quantitative estimate of drug-likeness (QED) is 0.492. The number of alkyl halides is 3. The van der Waals surface area contributed by atoms with Gasteiger partial charge < -0.3 is 25.0 Å². The van der Waals surface area contributed by atoms with E-state index in [9.17, 15) is 18.0 Å². The van der Waals surface area contributed by atoms with Crippen LogP contribution in [0, 0.1) is 0 Å². The van der Waals surface area contributed by atoms with E-state index in [1.807, 2.05) is 12.1 Å². The van der Waals surface area contributed by atoms with Gasteiger partial charge in [0.05, 0.1) is 0 Å². The van der Waals surface area contributed by atoms with Crippen molar-refractivity contribution < 1.29 is 27.4 Å². The van der Waals surface area contributed by atoms with E-state index in [1.165, 1.54) is 19.2 Å². The molecule has 2 atom stereocenters. The zero-order chi connectivity index (χ0) is 24.8. The average Bonchev–Trinajstić information content (AvgIpc) is 3.28. The number of benzene rings is 1. The van der Waals surface area contributed by atoms with Crippen LogP contribution in [0.3, 0.4) is 0 Å². The Hall–Kier alpha value is -4.00. The summed E-state index contributed by atoms with van der Waals surface area (Å²) in [5.74, 6) is 0.454. The summed E-state index contributed by atoms with van der Waals surface area (Å²) in [5, 5.41) is 22.0. The molecular weight excluding hydrogens is 467 g/mol. The molecule has 0 aliphatic carbocycles. The Morgan fingerprint density at radius 1 is 1.11 bits per heavy atom. The number of rotatable bonds is 8. The van der Waals surface area contributed by atoms with E-state index in [2.05, 4.69) is 40.7 Å². The molecule has 1 amide bonds. The number of anilines is 3. The van der Waals surface area contributed by atoms with Crippen LogP contribution in [-0.4, -0.2) is 58.9 Å². The first kappa shape index (κ1) is 24.1. The molecule has 0 spiro atoms. The Bertz CT molecular complexity index is 1130. The SMILES string of the molecule is CO[C@H](C(=O)Nc1ccc(N2CC[C@@H](Nc3cccnn3)C2)nn1)c1cccc(OC(F)(F)F)c1. The minimum atomic E-state index is -4.85. The highest BCUT2D eigenvalue weighted by Gasteiger charge is 2.32. The Balaban J connectivity index is 1.36. The molecule has 2 aromatic heterocycles. The third-order valence-electron chi connectivity index (χ3n) is 5.21. The van der Waals surface area contributed by atoms with Crippen molar-refractivity contribution in [1.82, 2.24) is 20.4 Å². The Morgan fingerprint density at radius 3 is 2.66 bits per heavy atom. The molecule has 184 valence electrons. The zero-order valence-electron chi connectivity index (χ0n) is 18.6. The highest BCUT2D eigenvalue weighted by molar-refractivity contribution is 5.94. The van der Waals surface area contributed by atoms with Gasteiger partial charge in [-0.2, -0.15) is 5.10 Å². The van der Waals surface area contributed by atoms with Crippen molar-refractivity contribution in [3.8, 4) is 5.75 Å². The number of hydrogen-bond donors (Lipinski definition) is 2. The number of amides is 1. The van der Waals surface area contributed by atoms with Crippen LogP contribution in [-0.2, 0) is 9.53 Å². The summed E-state index contributed by atoms with van der Waals surface area (Å²) in [6.45, 7) is 1.46. The Morgan fingerprint density at radius 2 is 1.97 bits per heavy atom. The van der Waals surface area contributed by atoms with Gasteiger partial charge in [-0.25, -0.2) is 0 Å². The summed E-state index contributed by atoms with van der Waals surface area (Å²) in [7, 11) is 1.27. The summed E-state index contributed by atoms with van der Waals surface area (Å²) in [6, 6.07) is 12.2. The second-order valence-electron chi connectivity index (χ2n) is 7.69. The standard InChI is InChI=1S/C22H22F3N7O3/c1-34-20(14-4-2-5-16(12-14)35-22(23,24)25)21(33)28-18-7-8-19(31-30-18)32-11-9-15(13-32)27-17-6-3-10-26-29-17/h2-8,10,12,15,20H,9,11,13H2,1H3,(H,27,29)(H,28,30,33)/t15-,20+/m1/s1. The molecule has 3 aromatic rings. The zero-order valence-corrected chi connectivity index (χ0v) is 18.6. The largest absolute Gasteiger partial charge is 0.573 e. The number of nitrogens with one attached hydrogen (secondary N) is 2. The number of hydrogen-bond acceptors (Lipinski definition) is 9. The third-order valence-corrected chi connectivity index (χ3v) is 5.21. The number of ether oxygens (including phenoxy) is 2. The van der Waals surface area contributed by atoms with Gasteiger partial charge in [0.1, 0.15) is 11.6 Å². The molecule has 1 fully saturated rings. The van der Waals surface area contributed by atoms with E-state index < -0.39 is 24.1 Å². The molecule has 0 bridgehead atoms. The first-order valence-corrected chi connectivity index (χ1v) is 10.6. The fourth-order valence-corrected chi connectivity index (χ4v) is 3.70. The smallest absolute Gasteiger partial charge is 0.406 e. The summed E-state index contributed by atoms with van der Waals surface area (Å²) < 4.78 is 46.6. The maximum Gasteiger partial charge on any atom is 0.573 e. The average molecular weight is 489 g/mol. The van der Waals surface area contributed by atoms with Crippen molar-refractivity contribution in [2.45, 2.75) is 24.9 Å². The molecule has 1 aliphatic heterocycles. The summed E-state index contributed by atoms with van der Waals surface area (Å²) in [6.07, 6.45) is -3.54. The molecule has 1 aliphatic rings. The number of nitrogens with zero attached hydrogens (tertiary/aromatic N) is 5. The van der Waals surface area contributed by atoms with Crippen molar-refractivity contribution in [3.05, 3.63) is 60.3 Å². The van der Waals surface area contributed by atoms with Crippen LogP contribution in [0.4, 0.5) is 30.6 Å². The van der Waals surface area contributed by atoms with Crippen LogP contribution in [0.15, 0.2) is 54.7 Å². The highest BCUT2D eigenvalue weighted by Crippen LogP contribution is 2.27. The van der Waals surface area contributed by atoms with E-state index in [1.54, 1.807) is 18.3 Å². The number of methoxy groups -OCH3 is 1. The maximum absolute atomic E-state index is 12.7. The van der Waals surface area contributed by atoms with E-state index in [0.29, 0.717) is 18.2 Å². The van der Waals surface area contributed by atoms with Gasteiger partial charge in [-0.3, -0.25) is 4.79 Å². The van der Waals surface area contributed by atoms with Crippen LogP contribution in [0.1, 0.15) is 18.1 Å². The van der Waals surface area contributed by atoms with Crippen LogP contribution in [0.25, 0.3) is 0 Å². The normalized spacial score (nSPS) is 16.6. The molecule has 0 unspecified atom stereocenters. The molecule has 35 heavy (non-hydrogen) atoms. The number of halogens is 3. The topological polar surface area (TPSA) is 114 Å². The molecule has 1 aromatic carbocycles. The summed E-state index contributed by atoms with van der Waals surface area (Å²) >= 11 is 0. The van der Waals surface area contributed by atoms with Gasteiger partial charge in [-0.15, -0.1) is 28.5 Å². The maximum atomic E-state index is 12.7. The number of carbonyl (C=O) groups is 1. The predicted molar refractivity (Wildman–Crippen MR) is 120 cm³/mol. The lowest BCUT2D eigenvalue weighted by Gasteiger charge is -2.18. The van der Waals surface area contributed by atoms with Crippen molar-refractivity contribution in [2.24, 2.45) is 0 Å². The monoisotopic (exact) mass is 489 g/mol. The van der Waals surface area contributed by atoms with Crippen LogP contribution in [0.2, 0.25) is 0 Å². The van der Waals surface area contributed by atoms with Crippen LogP contribution >= 0.6 is 0 Å². The lowest BCUT2D eigenvalue weighted by Crippen LogP contribution is -2.27. The molecule has 10 nitrogen and oxygen atoms in total. The van der Waals surface area contributed by atoms with E-state index in [-0.39, 0.29) is 17.4 Å². The molecule has 13 heteroatoms. The minimum absolute atomic E-state index is 0.174. The Kier molecular flexibility index (Phi) is 7.25. The van der Waals surface area contributed by atoms with Gasteiger partial charge in [0.2, 0.25) is 0 Å². The fraction of sp³-hybridized carbons (Fsp3) is 0.318. The van der Waals surface area contributed by atoms with Gasteiger partial charge in [0.25, 0.3) is 5.91 Å². The second kappa shape index (κ2) is 10.5. The molecule has 4 rings (SSSR count). The molecule has 3 heterocycles. The van der Waals surface area contributed by atoms with Gasteiger partial charge >= 0.3 is 6.36 Å². The molecule has 0 saturated carbocycles. The van der Waals surface area contributed by atoms with Crippen molar-refractivity contribution in [3.63, 3.8) is 0 Å². The van der Waals surface area contributed by atoms with E-state index >= 15 is 0 Å². The first-order chi connectivity index (χ1) is 16.8. The predicted octanol–water partition coefficient (Wildman–Crippen LogP) is 3.18. The number of aromatic nitrogens is 4. The number of carbonyl (C=O) groups excluding carboxylic acids is 1. The van der Waals surface area contributed by atoms with Crippen LogP contribution in [0.5, 0.6) is 5.75 Å². The molecule has 2 N–H and O–H groups in total. The summed E-state index contributed by atoms with van der Waals surface area (Å²) in [5.41, 5.74) is 0.190. The fourth-order valence-electron chi connectivity index (χ4n) is 3.70. The van der Waals surface area contributed by atoms with Gasteiger partial charge in [0.15, 0.2) is 17.7 Å². The van der Waals surface area contributed by atoms with E-state index in [4.69, 9.17) is 4.74 Å². The van der Waals surface area contributed by atoms with Gasteiger partial charge in [0, 0.05) is 32.4 Å².